The molecular weight excluding hydrogens is 274 g/mol. The van der Waals surface area contributed by atoms with Crippen LogP contribution in [0.5, 0.6) is 0 Å². The lowest BCUT2D eigenvalue weighted by Crippen LogP contribution is -2.43. The summed E-state index contributed by atoms with van der Waals surface area (Å²) < 4.78 is 25.0. The molecule has 0 spiro atoms. The number of nitrogens with zero attached hydrogens (tertiary/aromatic N) is 2. The van der Waals surface area contributed by atoms with Gasteiger partial charge < -0.3 is 10.2 Å². The first-order chi connectivity index (χ1) is 9.52. The number of fused-ring (bicyclic) bond motifs is 1. The Kier molecular flexibility index (Phi) is 4.36. The van der Waals surface area contributed by atoms with Gasteiger partial charge in [-0.2, -0.15) is 0 Å². The van der Waals surface area contributed by atoms with E-state index in [-0.39, 0.29) is 0 Å². The van der Waals surface area contributed by atoms with Gasteiger partial charge in [0.25, 0.3) is 0 Å². The molecule has 0 aromatic carbocycles. The molecular formula is C14H27N3O2S. The molecule has 0 amide bonds. The van der Waals surface area contributed by atoms with E-state index in [2.05, 4.69) is 10.2 Å². The average Bonchev–Trinajstić information content (AvgIpc) is 2.80. The third-order valence-corrected chi connectivity index (χ3v) is 6.41. The van der Waals surface area contributed by atoms with Crippen LogP contribution in [-0.2, 0) is 10.0 Å². The molecule has 3 aliphatic rings. The van der Waals surface area contributed by atoms with Gasteiger partial charge in [0.15, 0.2) is 0 Å². The quantitative estimate of drug-likeness (QED) is 0.817. The SMILES string of the molecule is CS(=O)(=O)N1CCCC(CN2CC3CCCNC3C2)C1. The van der Waals surface area contributed by atoms with Crippen LogP contribution in [0, 0.1) is 11.8 Å². The summed E-state index contributed by atoms with van der Waals surface area (Å²) in [4.78, 5) is 2.56. The van der Waals surface area contributed by atoms with E-state index in [1.807, 2.05) is 0 Å². The van der Waals surface area contributed by atoms with Crippen molar-refractivity contribution in [2.24, 2.45) is 11.8 Å². The molecule has 3 fully saturated rings. The fourth-order valence-corrected chi connectivity index (χ4v) is 5.07. The van der Waals surface area contributed by atoms with Crippen molar-refractivity contribution in [3.05, 3.63) is 0 Å². The van der Waals surface area contributed by atoms with Crippen LogP contribution in [0.1, 0.15) is 25.7 Å². The fourth-order valence-electron chi connectivity index (χ4n) is 4.13. The largest absolute Gasteiger partial charge is 0.312 e. The Morgan fingerprint density at radius 1 is 1.15 bits per heavy atom. The van der Waals surface area contributed by atoms with Gasteiger partial charge in [0.1, 0.15) is 0 Å². The third kappa shape index (κ3) is 3.35. The van der Waals surface area contributed by atoms with Crippen molar-refractivity contribution < 1.29 is 8.42 Å². The molecule has 1 N–H and O–H groups in total. The zero-order chi connectivity index (χ0) is 14.2. The summed E-state index contributed by atoms with van der Waals surface area (Å²) in [5.41, 5.74) is 0. The van der Waals surface area contributed by atoms with Crippen molar-refractivity contribution in [2.75, 3.05) is 45.5 Å². The monoisotopic (exact) mass is 301 g/mol. The predicted octanol–water partition coefficient (Wildman–Crippen LogP) is 0.342. The van der Waals surface area contributed by atoms with Crippen molar-refractivity contribution in [3.63, 3.8) is 0 Å². The lowest BCUT2D eigenvalue weighted by atomic mass is 9.94. The number of sulfonamides is 1. The smallest absolute Gasteiger partial charge is 0.211 e. The van der Waals surface area contributed by atoms with Gasteiger partial charge in [0.2, 0.25) is 10.0 Å². The van der Waals surface area contributed by atoms with E-state index in [4.69, 9.17) is 0 Å². The van der Waals surface area contributed by atoms with Crippen LogP contribution in [0.2, 0.25) is 0 Å². The molecule has 0 radical (unpaired) electrons. The highest BCUT2D eigenvalue weighted by molar-refractivity contribution is 7.88. The molecule has 0 saturated carbocycles. The van der Waals surface area contributed by atoms with Gasteiger partial charge in [-0.3, -0.25) is 0 Å². The molecule has 116 valence electrons. The van der Waals surface area contributed by atoms with Crippen LogP contribution in [0.25, 0.3) is 0 Å². The molecule has 0 bridgehead atoms. The molecule has 3 rings (SSSR count). The molecule has 0 aliphatic carbocycles. The Morgan fingerprint density at radius 3 is 2.75 bits per heavy atom. The number of rotatable bonds is 3. The summed E-state index contributed by atoms with van der Waals surface area (Å²) >= 11 is 0. The lowest BCUT2D eigenvalue weighted by molar-refractivity contribution is 0.196. The minimum Gasteiger partial charge on any atom is -0.312 e. The maximum atomic E-state index is 11.7. The Bertz CT molecular complexity index is 426. The Labute approximate surface area is 122 Å². The average molecular weight is 301 g/mol. The van der Waals surface area contributed by atoms with Crippen molar-refractivity contribution in [1.29, 1.82) is 0 Å². The highest BCUT2D eigenvalue weighted by Crippen LogP contribution is 2.27. The Balaban J connectivity index is 1.53. The van der Waals surface area contributed by atoms with Gasteiger partial charge in [-0.05, 0) is 44.1 Å². The summed E-state index contributed by atoms with van der Waals surface area (Å²) in [6.07, 6.45) is 6.18. The minimum absolute atomic E-state index is 0.513. The maximum Gasteiger partial charge on any atom is 0.211 e. The van der Waals surface area contributed by atoms with Crippen LogP contribution >= 0.6 is 0 Å². The zero-order valence-corrected chi connectivity index (χ0v) is 13.2. The summed E-state index contributed by atoms with van der Waals surface area (Å²) in [5, 5.41) is 3.63. The molecule has 6 heteroatoms. The minimum atomic E-state index is -3.01. The third-order valence-electron chi connectivity index (χ3n) is 5.14. The number of hydrogen-bond donors (Lipinski definition) is 1. The summed E-state index contributed by atoms with van der Waals surface area (Å²) in [7, 11) is -3.01. The number of likely N-dealkylation sites (tertiary alicyclic amines) is 1. The molecule has 5 nitrogen and oxygen atoms in total. The first kappa shape index (κ1) is 14.8. The van der Waals surface area contributed by atoms with Crippen molar-refractivity contribution in [3.8, 4) is 0 Å². The number of piperidine rings is 2. The zero-order valence-electron chi connectivity index (χ0n) is 12.4. The van der Waals surface area contributed by atoms with Gasteiger partial charge in [0.05, 0.1) is 6.26 Å². The standard InChI is InChI=1S/C14H27N3O2S/c1-20(18,19)17-7-3-4-12(9-17)8-16-10-13-5-2-6-15-14(13)11-16/h12-15H,2-11H2,1H3. The summed E-state index contributed by atoms with van der Waals surface area (Å²) in [5.74, 6) is 1.33. The molecule has 3 atom stereocenters. The van der Waals surface area contributed by atoms with E-state index in [0.717, 1.165) is 32.0 Å². The van der Waals surface area contributed by atoms with E-state index in [0.29, 0.717) is 18.5 Å². The van der Waals surface area contributed by atoms with Crippen LogP contribution in [0.4, 0.5) is 0 Å². The molecule has 0 aromatic rings. The Hall–Kier alpha value is -0.170. The molecule has 0 aromatic heterocycles. The van der Waals surface area contributed by atoms with Crippen molar-refractivity contribution in [2.45, 2.75) is 31.7 Å². The van der Waals surface area contributed by atoms with Gasteiger partial charge in [0, 0.05) is 38.8 Å². The van der Waals surface area contributed by atoms with Crippen LogP contribution in [0.15, 0.2) is 0 Å². The second-order valence-electron chi connectivity index (χ2n) is 6.81. The first-order valence-electron chi connectivity index (χ1n) is 7.93. The summed E-state index contributed by atoms with van der Waals surface area (Å²) in [6.45, 7) is 6.02. The normalized spacial score (nSPS) is 37.0. The van der Waals surface area contributed by atoms with Crippen LogP contribution in [0.3, 0.4) is 0 Å². The van der Waals surface area contributed by atoms with Gasteiger partial charge in [-0.25, -0.2) is 12.7 Å². The van der Waals surface area contributed by atoms with E-state index in [9.17, 15) is 8.42 Å². The first-order valence-corrected chi connectivity index (χ1v) is 9.78. The van der Waals surface area contributed by atoms with Gasteiger partial charge >= 0.3 is 0 Å². The molecule has 3 heterocycles. The van der Waals surface area contributed by atoms with E-state index in [1.165, 1.54) is 38.6 Å². The highest BCUT2D eigenvalue weighted by atomic mass is 32.2. The van der Waals surface area contributed by atoms with Crippen LogP contribution in [-0.4, -0.2) is 69.2 Å². The van der Waals surface area contributed by atoms with Crippen LogP contribution < -0.4 is 5.32 Å². The fraction of sp³-hybridized carbons (Fsp3) is 1.00. The van der Waals surface area contributed by atoms with Gasteiger partial charge in [-0.1, -0.05) is 0 Å². The van der Waals surface area contributed by atoms with Crippen molar-refractivity contribution in [1.82, 2.24) is 14.5 Å². The summed E-state index contributed by atoms with van der Waals surface area (Å²) in [6, 6.07) is 0.679. The lowest BCUT2D eigenvalue weighted by Gasteiger charge is -2.33. The van der Waals surface area contributed by atoms with Crippen molar-refractivity contribution >= 4 is 10.0 Å². The van der Waals surface area contributed by atoms with Gasteiger partial charge in [-0.15, -0.1) is 0 Å². The second-order valence-corrected chi connectivity index (χ2v) is 8.79. The van der Waals surface area contributed by atoms with E-state index >= 15 is 0 Å². The molecule has 3 saturated heterocycles. The van der Waals surface area contributed by atoms with E-state index < -0.39 is 10.0 Å². The molecule has 3 unspecified atom stereocenters. The second kappa shape index (κ2) is 5.91. The highest BCUT2D eigenvalue weighted by Gasteiger charge is 2.36. The predicted molar refractivity (Wildman–Crippen MR) is 80.1 cm³/mol. The van der Waals surface area contributed by atoms with E-state index in [1.54, 1.807) is 4.31 Å². The number of hydrogen-bond acceptors (Lipinski definition) is 4. The molecule has 20 heavy (non-hydrogen) atoms. The molecule has 3 aliphatic heterocycles. The topological polar surface area (TPSA) is 52.7 Å². The Morgan fingerprint density at radius 2 is 2.00 bits per heavy atom. The maximum absolute atomic E-state index is 11.7. The number of nitrogens with one attached hydrogen (secondary N) is 1.